The van der Waals surface area contributed by atoms with E-state index in [-0.39, 0.29) is 12.4 Å². The molecule has 0 aliphatic carbocycles. The van der Waals surface area contributed by atoms with Crippen LogP contribution in [0.25, 0.3) is 0 Å². The molecule has 1 aromatic heterocycles. The first kappa shape index (κ1) is 18.7. The number of ether oxygens (including phenoxy) is 3. The van der Waals surface area contributed by atoms with E-state index in [9.17, 15) is 4.79 Å². The molecule has 0 aliphatic heterocycles. The number of carbonyl (C=O) groups excluding carboxylic acids is 1. The number of nitrogens with one attached hydrogen (secondary N) is 1. The zero-order chi connectivity index (χ0) is 18.1. The van der Waals surface area contributed by atoms with Gasteiger partial charge in [-0.05, 0) is 37.6 Å². The fourth-order valence-corrected chi connectivity index (χ4v) is 2.66. The molecule has 0 atom stereocenters. The van der Waals surface area contributed by atoms with Crippen LogP contribution >= 0.6 is 11.3 Å². The van der Waals surface area contributed by atoms with Gasteiger partial charge < -0.3 is 14.2 Å². The Labute approximate surface area is 150 Å². The number of methoxy groups -OCH3 is 1. The van der Waals surface area contributed by atoms with Crippen molar-refractivity contribution >= 4 is 28.7 Å². The summed E-state index contributed by atoms with van der Waals surface area (Å²) in [6.07, 6.45) is 1.82. The molecular formula is C17H21N3O4S. The molecule has 134 valence electrons. The molecule has 0 amide bonds. The lowest BCUT2D eigenvalue weighted by Gasteiger charge is -2.09. The van der Waals surface area contributed by atoms with Crippen LogP contribution in [0.15, 0.2) is 28.7 Å². The Kier molecular flexibility index (Phi) is 7.21. The van der Waals surface area contributed by atoms with E-state index in [1.807, 2.05) is 25.1 Å². The van der Waals surface area contributed by atoms with Crippen molar-refractivity contribution in [1.82, 2.24) is 4.98 Å². The molecule has 2 rings (SSSR count). The molecule has 7 nitrogen and oxygen atoms in total. The van der Waals surface area contributed by atoms with Gasteiger partial charge in [0.25, 0.3) is 0 Å². The molecule has 1 N–H and O–H groups in total. The monoisotopic (exact) mass is 363 g/mol. The number of hydrogen-bond donors (Lipinski definition) is 1. The van der Waals surface area contributed by atoms with Gasteiger partial charge in [0, 0.05) is 5.38 Å². The summed E-state index contributed by atoms with van der Waals surface area (Å²) < 4.78 is 15.7. The van der Waals surface area contributed by atoms with Gasteiger partial charge in [0.15, 0.2) is 11.5 Å². The van der Waals surface area contributed by atoms with Crippen molar-refractivity contribution in [3.05, 3.63) is 34.8 Å². The summed E-state index contributed by atoms with van der Waals surface area (Å²) in [5.41, 5.74) is 4.37. The average molecular weight is 363 g/mol. The number of carbonyl (C=O) groups is 1. The van der Waals surface area contributed by atoms with Gasteiger partial charge in [0.05, 0.1) is 38.7 Å². The summed E-state index contributed by atoms with van der Waals surface area (Å²) in [4.78, 5) is 15.7. The van der Waals surface area contributed by atoms with Crippen LogP contribution in [-0.2, 0) is 16.0 Å². The highest BCUT2D eigenvalue weighted by Gasteiger charge is 2.08. The highest BCUT2D eigenvalue weighted by molar-refractivity contribution is 7.13. The first-order valence-corrected chi connectivity index (χ1v) is 8.74. The van der Waals surface area contributed by atoms with E-state index in [0.29, 0.717) is 35.5 Å². The predicted molar refractivity (Wildman–Crippen MR) is 97.8 cm³/mol. The zero-order valence-corrected chi connectivity index (χ0v) is 15.3. The van der Waals surface area contributed by atoms with Crippen LogP contribution in [0.2, 0.25) is 0 Å². The maximum absolute atomic E-state index is 11.4. The van der Waals surface area contributed by atoms with E-state index in [1.165, 1.54) is 11.3 Å². The molecule has 2 aromatic rings. The highest BCUT2D eigenvalue weighted by atomic mass is 32.1. The van der Waals surface area contributed by atoms with Crippen molar-refractivity contribution in [3.8, 4) is 11.5 Å². The molecule has 0 radical (unpaired) electrons. The first-order chi connectivity index (χ1) is 12.2. The maximum Gasteiger partial charge on any atom is 0.311 e. The van der Waals surface area contributed by atoms with Gasteiger partial charge in [0.2, 0.25) is 5.13 Å². The lowest BCUT2D eigenvalue weighted by atomic mass is 10.2. The summed E-state index contributed by atoms with van der Waals surface area (Å²) in [6, 6.07) is 5.55. The van der Waals surface area contributed by atoms with Crippen molar-refractivity contribution in [2.45, 2.75) is 20.3 Å². The van der Waals surface area contributed by atoms with Gasteiger partial charge in [0.1, 0.15) is 0 Å². The van der Waals surface area contributed by atoms with Crippen molar-refractivity contribution in [1.29, 1.82) is 0 Å². The van der Waals surface area contributed by atoms with Gasteiger partial charge in [-0.25, -0.2) is 4.98 Å². The van der Waals surface area contributed by atoms with Crippen LogP contribution in [0, 0.1) is 0 Å². The molecule has 0 aliphatic rings. The summed E-state index contributed by atoms with van der Waals surface area (Å²) >= 11 is 1.37. The van der Waals surface area contributed by atoms with Gasteiger partial charge in [-0.15, -0.1) is 11.3 Å². The number of aromatic nitrogens is 1. The smallest absolute Gasteiger partial charge is 0.311 e. The molecule has 0 fully saturated rings. The van der Waals surface area contributed by atoms with Gasteiger partial charge in [-0.1, -0.05) is 0 Å². The number of benzene rings is 1. The van der Waals surface area contributed by atoms with E-state index in [0.717, 1.165) is 5.56 Å². The Hall–Kier alpha value is -2.61. The average Bonchev–Trinajstić information content (AvgIpc) is 3.03. The Morgan fingerprint density at radius 1 is 1.32 bits per heavy atom. The van der Waals surface area contributed by atoms with Crippen LogP contribution in [0.3, 0.4) is 0 Å². The Bertz CT molecular complexity index is 730. The third-order valence-electron chi connectivity index (χ3n) is 3.04. The summed E-state index contributed by atoms with van der Waals surface area (Å²) in [7, 11) is 1.60. The van der Waals surface area contributed by atoms with Crippen LogP contribution in [-0.4, -0.2) is 37.5 Å². The number of thiazole rings is 1. The van der Waals surface area contributed by atoms with Crippen molar-refractivity contribution in [2.24, 2.45) is 5.10 Å². The number of hydrazone groups is 1. The second-order valence-electron chi connectivity index (χ2n) is 4.84. The third kappa shape index (κ3) is 5.75. The predicted octanol–water partition coefficient (Wildman–Crippen LogP) is 3.10. The molecule has 0 spiro atoms. The van der Waals surface area contributed by atoms with Gasteiger partial charge >= 0.3 is 5.97 Å². The second kappa shape index (κ2) is 9.63. The Morgan fingerprint density at radius 2 is 2.16 bits per heavy atom. The number of rotatable bonds is 9. The van der Waals surface area contributed by atoms with Crippen LogP contribution < -0.4 is 14.9 Å². The molecule has 1 aromatic carbocycles. The fourth-order valence-electron chi connectivity index (χ4n) is 2.00. The van der Waals surface area contributed by atoms with Crippen molar-refractivity contribution in [2.75, 3.05) is 25.7 Å². The molecule has 0 bridgehead atoms. The van der Waals surface area contributed by atoms with E-state index in [4.69, 9.17) is 14.2 Å². The van der Waals surface area contributed by atoms with Crippen LogP contribution in [0.1, 0.15) is 25.1 Å². The molecule has 0 unspecified atom stereocenters. The zero-order valence-electron chi connectivity index (χ0n) is 14.4. The summed E-state index contributed by atoms with van der Waals surface area (Å²) in [5.74, 6) is 1.06. The lowest BCUT2D eigenvalue weighted by molar-refractivity contribution is -0.142. The number of nitrogens with zero attached hydrogens (tertiary/aromatic N) is 2. The molecular weight excluding hydrogens is 342 g/mol. The minimum Gasteiger partial charge on any atom is -0.493 e. The normalized spacial score (nSPS) is 10.7. The third-order valence-corrected chi connectivity index (χ3v) is 3.84. The molecule has 1 heterocycles. The molecule has 8 heteroatoms. The van der Waals surface area contributed by atoms with Crippen molar-refractivity contribution in [3.63, 3.8) is 0 Å². The van der Waals surface area contributed by atoms with Crippen molar-refractivity contribution < 1.29 is 19.0 Å². The van der Waals surface area contributed by atoms with E-state index in [2.05, 4.69) is 15.5 Å². The Morgan fingerprint density at radius 3 is 2.88 bits per heavy atom. The van der Waals surface area contributed by atoms with Gasteiger partial charge in [-0.3, -0.25) is 10.2 Å². The maximum atomic E-state index is 11.4. The Balaban J connectivity index is 1.96. The van der Waals surface area contributed by atoms with Crippen LogP contribution in [0.4, 0.5) is 5.13 Å². The fraction of sp³-hybridized carbons (Fsp3) is 0.353. The second-order valence-corrected chi connectivity index (χ2v) is 5.70. The minimum absolute atomic E-state index is 0.159. The highest BCUT2D eigenvalue weighted by Crippen LogP contribution is 2.27. The summed E-state index contributed by atoms with van der Waals surface area (Å²) in [5, 5.41) is 6.56. The molecule has 0 saturated heterocycles. The van der Waals surface area contributed by atoms with E-state index in [1.54, 1.807) is 25.6 Å². The quantitative estimate of drug-likeness (QED) is 0.419. The van der Waals surface area contributed by atoms with E-state index >= 15 is 0 Å². The molecule has 25 heavy (non-hydrogen) atoms. The number of anilines is 1. The standard InChI is InChI=1S/C17H21N3O4S/c1-4-23-15-8-12(6-7-14(15)22-3)10-18-20-17-19-13(11-25-17)9-16(21)24-5-2/h6-8,10-11H,4-5,9H2,1-3H3,(H,19,20). The number of esters is 1. The first-order valence-electron chi connectivity index (χ1n) is 7.86. The lowest BCUT2D eigenvalue weighted by Crippen LogP contribution is -2.07. The molecule has 0 saturated carbocycles. The minimum atomic E-state index is -0.287. The summed E-state index contributed by atoms with van der Waals surface area (Å²) in [6.45, 7) is 4.61. The SMILES string of the molecule is CCOC(=O)Cc1csc(NN=Cc2ccc(OC)c(OCC)c2)n1. The van der Waals surface area contributed by atoms with Gasteiger partial charge in [-0.2, -0.15) is 5.10 Å². The van der Waals surface area contributed by atoms with E-state index < -0.39 is 0 Å². The largest absolute Gasteiger partial charge is 0.493 e. The topological polar surface area (TPSA) is 82.0 Å². The number of hydrogen-bond acceptors (Lipinski definition) is 8. The van der Waals surface area contributed by atoms with Crippen LogP contribution in [0.5, 0.6) is 11.5 Å².